The first-order chi connectivity index (χ1) is 20.3. The Bertz CT molecular complexity index is 1190. The van der Waals surface area contributed by atoms with Crippen LogP contribution in [0.25, 0.3) is 0 Å². The first-order valence-electron chi connectivity index (χ1n) is 15.7. The van der Waals surface area contributed by atoms with Crippen molar-refractivity contribution in [2.24, 2.45) is 23.5 Å². The van der Waals surface area contributed by atoms with Crippen LogP contribution < -0.4 is 16.4 Å². The van der Waals surface area contributed by atoms with E-state index < -0.39 is 29.4 Å². The van der Waals surface area contributed by atoms with Gasteiger partial charge in [-0.3, -0.25) is 19.2 Å². The van der Waals surface area contributed by atoms with Gasteiger partial charge in [0.15, 0.2) is 5.67 Å². The minimum Gasteiger partial charge on any atom is -0.367 e. The maximum atomic E-state index is 15.1. The molecule has 1 aromatic rings. The summed E-state index contributed by atoms with van der Waals surface area (Å²) in [4.78, 5) is 52.3. The number of nitrogens with one attached hydrogen (secondary N) is 2. The van der Waals surface area contributed by atoms with Gasteiger partial charge in [0.25, 0.3) is 5.91 Å². The van der Waals surface area contributed by atoms with Crippen LogP contribution in [0.15, 0.2) is 18.2 Å². The van der Waals surface area contributed by atoms with Crippen LogP contribution in [0, 0.1) is 23.6 Å². The normalized spacial score (nSPS) is 22.6. The highest BCUT2D eigenvalue weighted by molar-refractivity contribution is 5.91. The van der Waals surface area contributed by atoms with Crippen LogP contribution in [0.1, 0.15) is 83.6 Å². The SMILES string of the molecule is CCC(=O)NC(C(=O)N1CCN(C)C(C)C1)C(C)c1ccc(NC(=O)CC(C2CC2)C2CC2)c(F)c1.NC(=O)C1(F)CC1. The fraction of sp³-hybridized carbons (Fsp3) is 0.688. The summed E-state index contributed by atoms with van der Waals surface area (Å²) in [6, 6.07) is 4.13. The van der Waals surface area contributed by atoms with Gasteiger partial charge in [-0.25, -0.2) is 8.78 Å². The average molecular weight is 604 g/mol. The van der Waals surface area contributed by atoms with Crippen molar-refractivity contribution in [1.29, 1.82) is 0 Å². The summed E-state index contributed by atoms with van der Waals surface area (Å²) in [6.07, 6.45) is 6.18. The maximum Gasteiger partial charge on any atom is 0.255 e. The molecule has 1 saturated heterocycles. The van der Waals surface area contributed by atoms with E-state index in [1.54, 1.807) is 24.0 Å². The summed E-state index contributed by atoms with van der Waals surface area (Å²) in [5.74, 6) is -0.516. The second-order valence-electron chi connectivity index (χ2n) is 13.0. The molecule has 3 aliphatic carbocycles. The fourth-order valence-electron chi connectivity index (χ4n) is 5.77. The number of piperazine rings is 1. The Morgan fingerprint density at radius 3 is 2.16 bits per heavy atom. The number of carbonyl (C=O) groups excluding carboxylic acids is 4. The van der Waals surface area contributed by atoms with Crippen molar-refractivity contribution in [3.8, 4) is 0 Å². The number of halogens is 2. The molecule has 4 N–H and O–H groups in total. The van der Waals surface area contributed by atoms with Gasteiger partial charge in [0.1, 0.15) is 11.9 Å². The first-order valence-corrected chi connectivity index (χ1v) is 15.7. The Balaban J connectivity index is 0.000000530. The highest BCUT2D eigenvalue weighted by atomic mass is 19.1. The maximum absolute atomic E-state index is 15.1. The lowest BCUT2D eigenvalue weighted by Gasteiger charge is -2.40. The largest absolute Gasteiger partial charge is 0.367 e. The molecule has 43 heavy (non-hydrogen) atoms. The van der Waals surface area contributed by atoms with Crippen LogP contribution in [0.2, 0.25) is 0 Å². The molecule has 0 radical (unpaired) electrons. The van der Waals surface area contributed by atoms with Crippen molar-refractivity contribution in [2.75, 3.05) is 32.0 Å². The summed E-state index contributed by atoms with van der Waals surface area (Å²) >= 11 is 0. The van der Waals surface area contributed by atoms with Gasteiger partial charge in [-0.05, 0) is 87.9 Å². The van der Waals surface area contributed by atoms with Crippen LogP contribution >= 0.6 is 0 Å². The summed E-state index contributed by atoms with van der Waals surface area (Å²) in [5.41, 5.74) is 3.78. The van der Waals surface area contributed by atoms with E-state index in [9.17, 15) is 23.6 Å². The molecule has 1 aromatic carbocycles. The molecule has 3 unspecified atom stereocenters. The average Bonchev–Trinajstić information content (AvgIpc) is 3.82. The van der Waals surface area contributed by atoms with Gasteiger partial charge in [-0.2, -0.15) is 0 Å². The minimum absolute atomic E-state index is 0.133. The first kappa shape index (κ1) is 32.8. The third-order valence-electron chi connectivity index (χ3n) is 9.47. The van der Waals surface area contributed by atoms with Gasteiger partial charge < -0.3 is 26.2 Å². The van der Waals surface area contributed by atoms with Gasteiger partial charge in [0, 0.05) is 44.4 Å². The summed E-state index contributed by atoms with van der Waals surface area (Å²) < 4.78 is 27.2. The molecule has 1 heterocycles. The summed E-state index contributed by atoms with van der Waals surface area (Å²) in [7, 11) is 2.03. The van der Waals surface area contributed by atoms with E-state index in [0.717, 1.165) is 6.54 Å². The Hall–Kier alpha value is -3.08. The summed E-state index contributed by atoms with van der Waals surface area (Å²) in [5, 5.41) is 5.64. The number of nitrogens with two attached hydrogens (primary N) is 1. The van der Waals surface area contributed by atoms with Gasteiger partial charge >= 0.3 is 0 Å². The third kappa shape index (κ3) is 8.74. The van der Waals surface area contributed by atoms with E-state index >= 15 is 4.39 Å². The predicted octanol–water partition coefficient (Wildman–Crippen LogP) is 3.73. The summed E-state index contributed by atoms with van der Waals surface area (Å²) in [6.45, 7) is 7.59. The zero-order valence-corrected chi connectivity index (χ0v) is 25.8. The van der Waals surface area contributed by atoms with E-state index in [2.05, 4.69) is 28.2 Å². The zero-order chi connectivity index (χ0) is 31.5. The lowest BCUT2D eigenvalue weighted by molar-refractivity contribution is -0.139. The van der Waals surface area contributed by atoms with E-state index in [0.29, 0.717) is 55.7 Å². The van der Waals surface area contributed by atoms with E-state index in [-0.39, 0.29) is 35.9 Å². The molecular formula is C32H47F2N5O4. The molecule has 4 fully saturated rings. The van der Waals surface area contributed by atoms with E-state index in [1.165, 1.54) is 31.7 Å². The number of hydrogen-bond donors (Lipinski definition) is 3. The third-order valence-corrected chi connectivity index (χ3v) is 9.47. The van der Waals surface area contributed by atoms with Crippen molar-refractivity contribution in [3.63, 3.8) is 0 Å². The molecule has 3 atom stereocenters. The number of nitrogens with zero attached hydrogens (tertiary/aromatic N) is 2. The van der Waals surface area contributed by atoms with Gasteiger partial charge in [-0.15, -0.1) is 0 Å². The van der Waals surface area contributed by atoms with Gasteiger partial charge in [-0.1, -0.05) is 19.9 Å². The standard InChI is InChI=1S/C28H41FN4O3.C4H6FNO/c1-5-25(34)31-27(28(36)33-13-12-32(4)17(2)16-33)18(3)21-10-11-24(23(29)14-21)30-26(35)15-22(19-6-7-19)20-8-9-20;5-4(1-2-4)3(6)7/h10-11,14,17-20,22,27H,5-9,12-13,15-16H2,1-4H3,(H,30,35)(H,31,34);1-2H2,(H2,6,7). The number of likely N-dealkylation sites (N-methyl/N-ethyl adjacent to an activating group) is 1. The quantitative estimate of drug-likeness (QED) is 0.356. The molecule has 238 valence electrons. The number of rotatable bonds is 11. The molecule has 0 spiro atoms. The molecule has 0 aromatic heterocycles. The number of benzene rings is 1. The second-order valence-corrected chi connectivity index (χ2v) is 13.0. The van der Waals surface area contributed by atoms with Gasteiger partial charge in [0.05, 0.1) is 5.69 Å². The molecular weight excluding hydrogens is 556 g/mol. The molecule has 0 bridgehead atoms. The molecule has 9 nitrogen and oxygen atoms in total. The van der Waals surface area contributed by atoms with Crippen LogP contribution in [0.4, 0.5) is 14.5 Å². The minimum atomic E-state index is -1.61. The fourth-order valence-corrected chi connectivity index (χ4v) is 5.77. The van der Waals surface area contributed by atoms with Crippen molar-refractivity contribution in [1.82, 2.24) is 15.1 Å². The number of carbonyl (C=O) groups is 4. The molecule has 4 aliphatic rings. The van der Waals surface area contributed by atoms with Crippen LogP contribution in [0.3, 0.4) is 0 Å². The second kappa shape index (κ2) is 13.7. The predicted molar refractivity (Wildman–Crippen MR) is 160 cm³/mol. The smallest absolute Gasteiger partial charge is 0.255 e. The number of anilines is 1. The molecule has 11 heteroatoms. The lowest BCUT2D eigenvalue weighted by Crippen LogP contribution is -2.58. The molecule has 5 rings (SSSR count). The zero-order valence-electron chi connectivity index (χ0n) is 25.8. The monoisotopic (exact) mass is 603 g/mol. The molecule has 1 aliphatic heterocycles. The highest BCUT2D eigenvalue weighted by Crippen LogP contribution is 2.50. The Morgan fingerprint density at radius 1 is 1.07 bits per heavy atom. The Kier molecular flexibility index (Phi) is 10.5. The van der Waals surface area contributed by atoms with Crippen molar-refractivity contribution >= 4 is 29.3 Å². The molecule has 3 saturated carbocycles. The number of primary amides is 1. The van der Waals surface area contributed by atoms with E-state index in [1.807, 2.05) is 14.0 Å². The molecule has 4 amide bonds. The van der Waals surface area contributed by atoms with Crippen LogP contribution in [-0.2, 0) is 19.2 Å². The number of alkyl halides is 1. The van der Waals surface area contributed by atoms with Crippen LogP contribution in [0.5, 0.6) is 0 Å². The van der Waals surface area contributed by atoms with Crippen molar-refractivity contribution in [3.05, 3.63) is 29.6 Å². The Labute approximate surface area is 253 Å². The van der Waals surface area contributed by atoms with Crippen molar-refractivity contribution < 1.29 is 28.0 Å². The number of amides is 4. The lowest BCUT2D eigenvalue weighted by atomic mass is 9.91. The number of hydrogen-bond acceptors (Lipinski definition) is 5. The van der Waals surface area contributed by atoms with Crippen LogP contribution in [-0.4, -0.2) is 77.9 Å². The Morgan fingerprint density at radius 2 is 1.70 bits per heavy atom. The highest BCUT2D eigenvalue weighted by Gasteiger charge is 2.49. The topological polar surface area (TPSA) is 125 Å². The van der Waals surface area contributed by atoms with Crippen molar-refractivity contribution in [2.45, 2.75) is 95.8 Å². The van der Waals surface area contributed by atoms with Gasteiger partial charge in [0.2, 0.25) is 17.7 Å². The van der Waals surface area contributed by atoms with E-state index in [4.69, 9.17) is 0 Å².